The Morgan fingerprint density at radius 3 is 3.24 bits per heavy atom. The molecule has 1 unspecified atom stereocenters. The number of hydrogen-bond donors (Lipinski definition) is 1. The molecule has 1 aliphatic rings. The maximum Gasteiger partial charge on any atom is 0.183 e. The number of hydrogen-bond acceptors (Lipinski definition) is 4. The van der Waals surface area contributed by atoms with Gasteiger partial charge in [0.1, 0.15) is 0 Å². The number of aryl methyl sites for hydroxylation is 1. The van der Waals surface area contributed by atoms with Gasteiger partial charge in [-0.15, -0.1) is 0 Å². The van der Waals surface area contributed by atoms with Crippen LogP contribution in [0.15, 0.2) is 18.2 Å². The van der Waals surface area contributed by atoms with E-state index in [9.17, 15) is 0 Å². The molecule has 1 N–H and O–H groups in total. The van der Waals surface area contributed by atoms with E-state index in [0.717, 1.165) is 23.1 Å². The fourth-order valence-electron chi connectivity index (χ4n) is 2.09. The molecule has 1 aromatic heterocycles. The van der Waals surface area contributed by atoms with Gasteiger partial charge in [-0.2, -0.15) is 11.8 Å². The van der Waals surface area contributed by atoms with E-state index in [1.54, 1.807) is 11.3 Å². The van der Waals surface area contributed by atoms with Crippen LogP contribution in [0.25, 0.3) is 10.2 Å². The number of thioether (sulfide) groups is 1. The maximum atomic E-state index is 4.64. The Morgan fingerprint density at radius 2 is 2.41 bits per heavy atom. The molecule has 1 aromatic carbocycles. The van der Waals surface area contributed by atoms with Crippen molar-refractivity contribution in [1.29, 1.82) is 0 Å². The van der Waals surface area contributed by atoms with E-state index in [2.05, 4.69) is 47.2 Å². The van der Waals surface area contributed by atoms with Crippen molar-refractivity contribution in [2.45, 2.75) is 13.3 Å². The average molecular weight is 264 g/mol. The lowest BCUT2D eigenvalue weighted by molar-refractivity contribution is 0.631. The topological polar surface area (TPSA) is 24.9 Å². The first-order chi connectivity index (χ1) is 8.31. The lowest BCUT2D eigenvalue weighted by Crippen LogP contribution is -2.13. The minimum atomic E-state index is 0.828. The van der Waals surface area contributed by atoms with Crippen LogP contribution in [0.2, 0.25) is 0 Å². The van der Waals surface area contributed by atoms with E-state index in [-0.39, 0.29) is 0 Å². The van der Waals surface area contributed by atoms with Crippen LogP contribution < -0.4 is 5.32 Å². The van der Waals surface area contributed by atoms with Gasteiger partial charge in [-0.05, 0) is 48.5 Å². The third-order valence-corrected chi connectivity index (χ3v) is 5.33. The number of thiazole rings is 1. The number of nitrogens with zero attached hydrogens (tertiary/aromatic N) is 1. The van der Waals surface area contributed by atoms with Crippen LogP contribution in [0.1, 0.15) is 12.0 Å². The average Bonchev–Trinajstić information content (AvgIpc) is 2.94. The summed E-state index contributed by atoms with van der Waals surface area (Å²) in [5.41, 5.74) is 2.40. The predicted octanol–water partition coefficient (Wildman–Crippen LogP) is 3.77. The van der Waals surface area contributed by atoms with E-state index in [1.165, 1.54) is 28.2 Å². The monoisotopic (exact) mass is 264 g/mol. The normalized spacial score (nSPS) is 19.9. The predicted molar refractivity (Wildman–Crippen MR) is 78.3 cm³/mol. The number of benzene rings is 1. The van der Waals surface area contributed by atoms with Gasteiger partial charge in [0.2, 0.25) is 0 Å². The summed E-state index contributed by atoms with van der Waals surface area (Å²) in [6, 6.07) is 6.47. The summed E-state index contributed by atoms with van der Waals surface area (Å²) in [5, 5.41) is 4.56. The Balaban J connectivity index is 1.72. The minimum Gasteiger partial charge on any atom is -0.361 e. The number of nitrogens with one attached hydrogen (secondary N) is 1. The first-order valence-corrected chi connectivity index (χ1v) is 7.97. The molecule has 90 valence electrons. The Kier molecular flexibility index (Phi) is 3.25. The number of fused-ring (bicyclic) bond motifs is 1. The van der Waals surface area contributed by atoms with Gasteiger partial charge in [-0.1, -0.05) is 17.4 Å². The molecule has 0 aliphatic carbocycles. The van der Waals surface area contributed by atoms with Gasteiger partial charge < -0.3 is 5.32 Å². The van der Waals surface area contributed by atoms with E-state index in [0.29, 0.717) is 0 Å². The van der Waals surface area contributed by atoms with Gasteiger partial charge >= 0.3 is 0 Å². The number of aromatic nitrogens is 1. The summed E-state index contributed by atoms with van der Waals surface area (Å²) in [6.07, 6.45) is 1.35. The highest BCUT2D eigenvalue weighted by atomic mass is 32.2. The lowest BCUT2D eigenvalue weighted by atomic mass is 10.1. The summed E-state index contributed by atoms with van der Waals surface area (Å²) in [6.45, 7) is 3.19. The first-order valence-electron chi connectivity index (χ1n) is 6.00. The van der Waals surface area contributed by atoms with Crippen LogP contribution in [0.3, 0.4) is 0 Å². The molecule has 4 heteroatoms. The summed E-state index contributed by atoms with van der Waals surface area (Å²) in [4.78, 5) is 4.64. The first kappa shape index (κ1) is 11.4. The van der Waals surface area contributed by atoms with Crippen molar-refractivity contribution in [2.75, 3.05) is 23.4 Å². The molecule has 1 fully saturated rings. The molecule has 1 saturated heterocycles. The molecule has 0 saturated carbocycles. The van der Waals surface area contributed by atoms with Crippen LogP contribution in [0.5, 0.6) is 0 Å². The molecule has 2 nitrogen and oxygen atoms in total. The van der Waals surface area contributed by atoms with Crippen molar-refractivity contribution < 1.29 is 0 Å². The minimum absolute atomic E-state index is 0.828. The van der Waals surface area contributed by atoms with E-state index >= 15 is 0 Å². The molecular formula is C13H16N2S2. The van der Waals surface area contributed by atoms with Gasteiger partial charge in [0.25, 0.3) is 0 Å². The van der Waals surface area contributed by atoms with Crippen molar-refractivity contribution in [2.24, 2.45) is 5.92 Å². The van der Waals surface area contributed by atoms with Crippen LogP contribution in [-0.4, -0.2) is 23.0 Å². The zero-order chi connectivity index (χ0) is 11.7. The van der Waals surface area contributed by atoms with Gasteiger partial charge in [0.15, 0.2) is 5.13 Å². The second-order valence-electron chi connectivity index (χ2n) is 4.60. The number of anilines is 1. The molecule has 1 aliphatic heterocycles. The van der Waals surface area contributed by atoms with E-state index in [4.69, 9.17) is 0 Å². The van der Waals surface area contributed by atoms with Crippen molar-refractivity contribution in [1.82, 2.24) is 4.98 Å². The highest BCUT2D eigenvalue weighted by Crippen LogP contribution is 2.28. The lowest BCUT2D eigenvalue weighted by Gasteiger charge is -2.07. The van der Waals surface area contributed by atoms with Crippen LogP contribution in [0.4, 0.5) is 5.13 Å². The number of rotatable bonds is 3. The molecule has 0 radical (unpaired) electrons. The molecule has 0 spiro atoms. The molecule has 0 bridgehead atoms. The van der Waals surface area contributed by atoms with Crippen molar-refractivity contribution in [3.63, 3.8) is 0 Å². The van der Waals surface area contributed by atoms with Crippen molar-refractivity contribution in [3.8, 4) is 0 Å². The Bertz CT molecular complexity index is 515. The highest BCUT2D eigenvalue weighted by molar-refractivity contribution is 7.99. The zero-order valence-electron chi connectivity index (χ0n) is 9.90. The van der Waals surface area contributed by atoms with Gasteiger partial charge in [0, 0.05) is 6.54 Å². The maximum absolute atomic E-state index is 4.64. The third kappa shape index (κ3) is 2.58. The molecule has 3 rings (SSSR count). The van der Waals surface area contributed by atoms with Crippen LogP contribution >= 0.6 is 23.1 Å². The smallest absolute Gasteiger partial charge is 0.183 e. The van der Waals surface area contributed by atoms with Gasteiger partial charge in [-0.25, -0.2) is 4.98 Å². The summed E-state index contributed by atoms with van der Waals surface area (Å²) in [5.74, 6) is 3.45. The van der Waals surface area contributed by atoms with Crippen molar-refractivity contribution >= 4 is 38.4 Å². The Labute approximate surface area is 110 Å². The molecule has 1 atom stereocenters. The van der Waals surface area contributed by atoms with Gasteiger partial charge in [-0.3, -0.25) is 0 Å². The zero-order valence-corrected chi connectivity index (χ0v) is 11.5. The fourth-order valence-corrected chi connectivity index (χ4v) is 4.23. The second-order valence-corrected chi connectivity index (χ2v) is 6.78. The fraction of sp³-hybridized carbons (Fsp3) is 0.462. The standard InChI is InChI=1S/C13H16N2S2/c1-9-2-3-12-11(6-9)15-13(17-12)14-7-10-4-5-16-8-10/h2-3,6,10H,4-5,7-8H2,1H3,(H,14,15). The second kappa shape index (κ2) is 4.86. The summed E-state index contributed by atoms with van der Waals surface area (Å²) >= 11 is 3.83. The Hall–Kier alpha value is -0.740. The largest absolute Gasteiger partial charge is 0.361 e. The summed E-state index contributed by atoms with van der Waals surface area (Å²) in [7, 11) is 0. The van der Waals surface area contributed by atoms with E-state index in [1.807, 2.05) is 0 Å². The SMILES string of the molecule is Cc1ccc2sc(NCC3CCSC3)nc2c1. The molecule has 2 aromatic rings. The molecule has 17 heavy (non-hydrogen) atoms. The third-order valence-electron chi connectivity index (χ3n) is 3.11. The van der Waals surface area contributed by atoms with Crippen molar-refractivity contribution in [3.05, 3.63) is 23.8 Å². The Morgan fingerprint density at radius 1 is 1.47 bits per heavy atom. The van der Waals surface area contributed by atoms with Crippen LogP contribution in [0, 0.1) is 12.8 Å². The highest BCUT2D eigenvalue weighted by Gasteiger charge is 2.15. The van der Waals surface area contributed by atoms with Gasteiger partial charge in [0.05, 0.1) is 10.2 Å². The summed E-state index contributed by atoms with van der Waals surface area (Å²) < 4.78 is 1.28. The van der Waals surface area contributed by atoms with E-state index < -0.39 is 0 Å². The quantitative estimate of drug-likeness (QED) is 0.913. The molecular weight excluding hydrogens is 248 g/mol. The van der Waals surface area contributed by atoms with Crippen LogP contribution in [-0.2, 0) is 0 Å². The molecule has 0 amide bonds. The molecule has 2 heterocycles.